The zero-order valence-corrected chi connectivity index (χ0v) is 12.4. The van der Waals surface area contributed by atoms with Crippen molar-refractivity contribution in [3.63, 3.8) is 0 Å². The molecule has 0 aliphatic rings. The Kier molecular flexibility index (Phi) is 5.63. The van der Waals surface area contributed by atoms with Gasteiger partial charge in [0.15, 0.2) is 0 Å². The van der Waals surface area contributed by atoms with Crippen LogP contribution in [0.25, 0.3) is 0 Å². The van der Waals surface area contributed by atoms with Crippen LogP contribution < -0.4 is 4.74 Å². The van der Waals surface area contributed by atoms with Crippen LogP contribution in [0.15, 0.2) is 54.6 Å². The number of aryl methyl sites for hydroxylation is 1. The highest BCUT2D eigenvalue weighted by atomic mass is 16.5. The number of hydrogen-bond acceptors (Lipinski definition) is 2. The van der Waals surface area contributed by atoms with E-state index in [1.54, 1.807) is 0 Å². The van der Waals surface area contributed by atoms with E-state index in [1.807, 2.05) is 30.3 Å². The molecular weight excluding hydrogens is 246 g/mol. The van der Waals surface area contributed by atoms with Crippen molar-refractivity contribution in [3.8, 4) is 5.75 Å². The molecule has 0 saturated carbocycles. The summed E-state index contributed by atoms with van der Waals surface area (Å²) in [5, 5.41) is 0. The van der Waals surface area contributed by atoms with Crippen molar-refractivity contribution in [1.29, 1.82) is 0 Å². The maximum atomic E-state index is 5.70. The molecule has 0 amide bonds. The molecule has 0 bridgehead atoms. The fourth-order valence-corrected chi connectivity index (χ4v) is 2.13. The molecule has 20 heavy (non-hydrogen) atoms. The SMILES string of the molecule is Cc1ccc(CN(C)CCCOc2ccccc2)cc1. The molecule has 2 nitrogen and oxygen atoms in total. The normalized spacial score (nSPS) is 10.8. The number of ether oxygens (including phenoxy) is 1. The molecule has 0 fully saturated rings. The van der Waals surface area contributed by atoms with Crippen LogP contribution in [0.2, 0.25) is 0 Å². The minimum Gasteiger partial charge on any atom is -0.494 e. The Morgan fingerprint density at radius 3 is 2.35 bits per heavy atom. The van der Waals surface area contributed by atoms with Gasteiger partial charge in [-0.3, -0.25) is 0 Å². The van der Waals surface area contributed by atoms with E-state index in [0.29, 0.717) is 0 Å². The highest BCUT2D eigenvalue weighted by Crippen LogP contribution is 2.09. The lowest BCUT2D eigenvalue weighted by Crippen LogP contribution is -2.20. The maximum Gasteiger partial charge on any atom is 0.119 e. The Hall–Kier alpha value is -1.80. The quantitative estimate of drug-likeness (QED) is 0.707. The Labute approximate surface area is 122 Å². The predicted molar refractivity (Wildman–Crippen MR) is 84.1 cm³/mol. The third-order valence-electron chi connectivity index (χ3n) is 3.27. The first-order valence-corrected chi connectivity index (χ1v) is 7.16. The van der Waals surface area contributed by atoms with Gasteiger partial charge in [-0.2, -0.15) is 0 Å². The van der Waals surface area contributed by atoms with Crippen molar-refractivity contribution in [2.45, 2.75) is 19.9 Å². The summed E-state index contributed by atoms with van der Waals surface area (Å²) in [6.45, 7) is 4.92. The fourth-order valence-electron chi connectivity index (χ4n) is 2.13. The molecule has 0 radical (unpaired) electrons. The molecule has 2 aromatic rings. The first-order chi connectivity index (χ1) is 9.74. The van der Waals surface area contributed by atoms with Crippen LogP contribution in [-0.4, -0.2) is 25.1 Å². The summed E-state index contributed by atoms with van der Waals surface area (Å²) in [7, 11) is 2.16. The smallest absolute Gasteiger partial charge is 0.119 e. The van der Waals surface area contributed by atoms with E-state index >= 15 is 0 Å². The van der Waals surface area contributed by atoms with Crippen LogP contribution in [0.5, 0.6) is 5.75 Å². The van der Waals surface area contributed by atoms with E-state index in [0.717, 1.165) is 31.9 Å². The average Bonchev–Trinajstić information content (AvgIpc) is 2.47. The molecule has 0 spiro atoms. The monoisotopic (exact) mass is 269 g/mol. The van der Waals surface area contributed by atoms with E-state index in [2.05, 4.69) is 43.1 Å². The van der Waals surface area contributed by atoms with Crippen LogP contribution >= 0.6 is 0 Å². The molecule has 0 aliphatic carbocycles. The van der Waals surface area contributed by atoms with Gasteiger partial charge in [-0.1, -0.05) is 48.0 Å². The molecule has 0 saturated heterocycles. The number of benzene rings is 2. The van der Waals surface area contributed by atoms with Gasteiger partial charge in [0.1, 0.15) is 5.75 Å². The summed E-state index contributed by atoms with van der Waals surface area (Å²) in [6, 6.07) is 18.7. The average molecular weight is 269 g/mol. The molecule has 2 rings (SSSR count). The summed E-state index contributed by atoms with van der Waals surface area (Å²) >= 11 is 0. The second kappa shape index (κ2) is 7.71. The van der Waals surface area contributed by atoms with E-state index in [4.69, 9.17) is 4.74 Å². The summed E-state index contributed by atoms with van der Waals surface area (Å²) < 4.78 is 5.70. The topological polar surface area (TPSA) is 12.5 Å². The van der Waals surface area contributed by atoms with Crippen molar-refractivity contribution in [2.24, 2.45) is 0 Å². The van der Waals surface area contributed by atoms with Gasteiger partial charge < -0.3 is 9.64 Å². The standard InChI is InChI=1S/C18H23NO/c1-16-9-11-17(12-10-16)15-19(2)13-6-14-20-18-7-4-3-5-8-18/h3-5,7-12H,6,13-15H2,1-2H3. The minimum absolute atomic E-state index is 0.766. The van der Waals surface area contributed by atoms with E-state index < -0.39 is 0 Å². The van der Waals surface area contributed by atoms with Crippen LogP contribution in [0.4, 0.5) is 0 Å². The number of nitrogens with zero attached hydrogens (tertiary/aromatic N) is 1. The number of para-hydroxylation sites is 1. The molecule has 2 heteroatoms. The van der Waals surface area contributed by atoms with Crippen LogP contribution in [0.3, 0.4) is 0 Å². The zero-order valence-electron chi connectivity index (χ0n) is 12.4. The predicted octanol–water partition coefficient (Wildman–Crippen LogP) is 3.90. The Morgan fingerprint density at radius 1 is 0.950 bits per heavy atom. The molecule has 0 aromatic heterocycles. The van der Waals surface area contributed by atoms with Gasteiger partial charge in [0.05, 0.1) is 6.61 Å². The summed E-state index contributed by atoms with van der Waals surface area (Å²) in [5.74, 6) is 0.952. The molecule has 0 heterocycles. The number of hydrogen-bond donors (Lipinski definition) is 0. The van der Waals surface area contributed by atoms with Gasteiger partial charge in [-0.05, 0) is 38.1 Å². The molecule has 0 N–H and O–H groups in total. The second-order valence-electron chi connectivity index (χ2n) is 5.24. The molecule has 0 aliphatic heterocycles. The van der Waals surface area contributed by atoms with Gasteiger partial charge in [0, 0.05) is 13.1 Å². The Morgan fingerprint density at radius 2 is 1.65 bits per heavy atom. The highest BCUT2D eigenvalue weighted by Gasteiger charge is 2.00. The summed E-state index contributed by atoms with van der Waals surface area (Å²) in [5.41, 5.74) is 2.68. The van der Waals surface area contributed by atoms with Crippen molar-refractivity contribution < 1.29 is 4.74 Å². The minimum atomic E-state index is 0.766. The first kappa shape index (κ1) is 14.6. The molecule has 0 unspecified atom stereocenters. The number of rotatable bonds is 7. The van der Waals surface area contributed by atoms with Gasteiger partial charge in [0.25, 0.3) is 0 Å². The Bertz CT molecular complexity index is 493. The largest absolute Gasteiger partial charge is 0.494 e. The van der Waals surface area contributed by atoms with Crippen molar-refractivity contribution in [1.82, 2.24) is 4.90 Å². The van der Waals surface area contributed by atoms with Gasteiger partial charge >= 0.3 is 0 Å². The van der Waals surface area contributed by atoms with E-state index in [9.17, 15) is 0 Å². The van der Waals surface area contributed by atoms with Gasteiger partial charge in [0.2, 0.25) is 0 Å². The maximum absolute atomic E-state index is 5.70. The van der Waals surface area contributed by atoms with E-state index in [-0.39, 0.29) is 0 Å². The van der Waals surface area contributed by atoms with Crippen molar-refractivity contribution >= 4 is 0 Å². The first-order valence-electron chi connectivity index (χ1n) is 7.16. The van der Waals surface area contributed by atoms with E-state index in [1.165, 1.54) is 11.1 Å². The second-order valence-corrected chi connectivity index (χ2v) is 5.24. The summed E-state index contributed by atoms with van der Waals surface area (Å²) in [4.78, 5) is 2.33. The Balaban J connectivity index is 1.65. The third-order valence-corrected chi connectivity index (χ3v) is 3.27. The third kappa shape index (κ3) is 5.06. The molecular formula is C18H23NO. The van der Waals surface area contributed by atoms with Crippen LogP contribution in [0, 0.1) is 6.92 Å². The van der Waals surface area contributed by atoms with Gasteiger partial charge in [-0.25, -0.2) is 0 Å². The summed E-state index contributed by atoms with van der Waals surface area (Å²) in [6.07, 6.45) is 1.04. The van der Waals surface area contributed by atoms with Crippen molar-refractivity contribution in [2.75, 3.05) is 20.2 Å². The molecule has 106 valence electrons. The molecule has 0 atom stereocenters. The van der Waals surface area contributed by atoms with Crippen molar-refractivity contribution in [3.05, 3.63) is 65.7 Å². The van der Waals surface area contributed by atoms with Gasteiger partial charge in [-0.15, -0.1) is 0 Å². The highest BCUT2D eigenvalue weighted by molar-refractivity contribution is 5.21. The van der Waals surface area contributed by atoms with Crippen LogP contribution in [-0.2, 0) is 6.54 Å². The zero-order chi connectivity index (χ0) is 14.2. The fraction of sp³-hybridized carbons (Fsp3) is 0.333. The van der Waals surface area contributed by atoms with Crippen LogP contribution in [0.1, 0.15) is 17.5 Å². The molecule has 2 aromatic carbocycles. The lowest BCUT2D eigenvalue weighted by atomic mass is 10.1. The lowest BCUT2D eigenvalue weighted by molar-refractivity contribution is 0.259. The lowest BCUT2D eigenvalue weighted by Gasteiger charge is -2.17.